The Hall–Kier alpha value is -6.79. The van der Waals surface area contributed by atoms with Crippen molar-refractivity contribution in [3.05, 3.63) is 122 Å². The van der Waals surface area contributed by atoms with E-state index in [4.69, 9.17) is 0 Å². The van der Waals surface area contributed by atoms with E-state index in [1.165, 1.54) is 42.8 Å². The quantitative estimate of drug-likeness (QED) is 0.112. The lowest BCUT2D eigenvalue weighted by Crippen LogP contribution is -2.21. The predicted octanol–water partition coefficient (Wildman–Crippen LogP) is 21.9. The van der Waals surface area contributed by atoms with E-state index in [0.717, 1.165) is 30.7 Å². The fraction of sp³-hybridized carbons (Fsp3) is 0.704. The summed E-state index contributed by atoms with van der Waals surface area (Å²) in [4.78, 5) is 0. The first-order chi connectivity index (χ1) is 47.7. The van der Waals surface area contributed by atoms with Gasteiger partial charge in [-0.1, -0.05) is 27.7 Å². The molecule has 570 valence electrons. The van der Waals surface area contributed by atoms with E-state index in [1.807, 2.05) is 15.6 Å². The van der Waals surface area contributed by atoms with E-state index in [2.05, 4.69) is 126 Å². The first kappa shape index (κ1) is 77.3. The van der Waals surface area contributed by atoms with E-state index >= 15 is 0 Å². The maximum atomic E-state index is 14.0. The minimum Gasteiger partial charge on any atom is -0.270 e. The van der Waals surface area contributed by atoms with Crippen LogP contribution in [0.3, 0.4) is 0 Å². The molecule has 0 aromatic carbocycles. The number of fused-ring (bicyclic) bond motifs is 12. The van der Waals surface area contributed by atoms with E-state index in [1.54, 1.807) is 55.4 Å². The van der Waals surface area contributed by atoms with Crippen LogP contribution in [0.4, 0.5) is 79.0 Å². The van der Waals surface area contributed by atoms with Crippen molar-refractivity contribution in [1.29, 1.82) is 0 Å². The smallest absolute Gasteiger partial charge is 0.270 e. The van der Waals surface area contributed by atoms with Crippen molar-refractivity contribution in [3.63, 3.8) is 0 Å². The monoisotopic (exact) mass is 1480 g/mol. The van der Waals surface area contributed by atoms with Crippen molar-refractivity contribution < 1.29 is 79.0 Å². The number of hydrogen-bond acceptors (Lipinski definition) is 7. The second-order valence-corrected chi connectivity index (χ2v) is 31.2. The fourth-order valence-corrected chi connectivity index (χ4v) is 14.6. The number of halogens is 18. The van der Waals surface area contributed by atoms with Crippen LogP contribution in [0.25, 0.3) is 0 Å². The number of rotatable bonds is 12. The van der Waals surface area contributed by atoms with Gasteiger partial charge in [-0.3, -0.25) is 32.8 Å². The molecule has 7 aromatic heterocycles. The summed E-state index contributed by atoms with van der Waals surface area (Å²) in [5.74, 6) is -16.1. The maximum absolute atomic E-state index is 14.0. The number of hydrogen-bond donors (Lipinski definition) is 0. The lowest BCUT2D eigenvalue weighted by atomic mass is 10.1. The first-order valence-corrected chi connectivity index (χ1v) is 35.5. The second kappa shape index (κ2) is 27.2. The van der Waals surface area contributed by atoms with E-state index in [9.17, 15) is 79.0 Å². The van der Waals surface area contributed by atoms with Crippen LogP contribution >= 0.6 is 0 Å². The lowest BCUT2D eigenvalue weighted by Gasteiger charge is -2.17. The van der Waals surface area contributed by atoms with Gasteiger partial charge < -0.3 is 0 Å². The van der Waals surface area contributed by atoms with Gasteiger partial charge in [-0.15, -0.1) is 0 Å². The Bertz CT molecular complexity index is 3800. The van der Waals surface area contributed by atoms with Gasteiger partial charge in [-0.2, -0.15) is 97.2 Å². The zero-order chi connectivity index (χ0) is 76.1. The summed E-state index contributed by atoms with van der Waals surface area (Å²) in [6.07, 6.45) is -2.46. The summed E-state index contributed by atoms with van der Waals surface area (Å²) in [5, 5.41) is 27.6. The molecule has 0 radical (unpaired) electrons. The molecule has 0 spiro atoms. The molecule has 14 nitrogen and oxygen atoms in total. The van der Waals surface area contributed by atoms with Crippen molar-refractivity contribution in [2.75, 3.05) is 0 Å². The molecule has 0 saturated heterocycles. The Labute approximate surface area is 585 Å². The van der Waals surface area contributed by atoms with Crippen LogP contribution < -0.4 is 0 Å². The van der Waals surface area contributed by atoms with Gasteiger partial charge in [-0.25, -0.2) is 17.6 Å². The molecule has 0 aliphatic heterocycles. The molecule has 17 rings (SSSR count). The van der Waals surface area contributed by atoms with Crippen molar-refractivity contribution in [3.8, 4) is 0 Å². The Morgan fingerprint density at radius 2 is 0.680 bits per heavy atom. The molecular weight excluding hydrogens is 1390 g/mol. The van der Waals surface area contributed by atoms with Crippen molar-refractivity contribution in [2.45, 2.75) is 295 Å². The molecular formula is C71H90F18N14. The summed E-state index contributed by atoms with van der Waals surface area (Å²) >= 11 is 0. The third kappa shape index (κ3) is 14.6. The highest BCUT2D eigenvalue weighted by Crippen LogP contribution is 2.72. The van der Waals surface area contributed by atoms with Crippen LogP contribution in [0, 0.1) is 23.7 Å². The van der Waals surface area contributed by atoms with Crippen molar-refractivity contribution >= 4 is 0 Å². The molecule has 7 aromatic rings. The molecule has 103 heavy (non-hydrogen) atoms. The van der Waals surface area contributed by atoms with E-state index in [0.29, 0.717) is 36.8 Å². The highest BCUT2D eigenvalue weighted by molar-refractivity contribution is 5.50. The summed E-state index contributed by atoms with van der Waals surface area (Å²) in [5.41, 5.74) is -1.37. The van der Waals surface area contributed by atoms with Crippen LogP contribution in [-0.4, -0.2) is 68.5 Å². The maximum Gasteiger partial charge on any atom is 0.435 e. The van der Waals surface area contributed by atoms with E-state index in [-0.39, 0.29) is 58.6 Å². The van der Waals surface area contributed by atoms with Crippen LogP contribution in [0.15, 0.2) is 36.8 Å². The number of aromatic nitrogens is 14. The zero-order valence-electron chi connectivity index (χ0n) is 60.2. The van der Waals surface area contributed by atoms with Crippen molar-refractivity contribution in [2.24, 2.45) is 23.7 Å². The summed E-state index contributed by atoms with van der Waals surface area (Å²) in [6, 6.07) is 6.37. The van der Waals surface area contributed by atoms with Crippen LogP contribution in [0.5, 0.6) is 0 Å². The molecule has 0 unspecified atom stereocenters. The average molecular weight is 1480 g/mol. The predicted molar refractivity (Wildman–Crippen MR) is 345 cm³/mol. The zero-order valence-corrected chi connectivity index (χ0v) is 60.2. The van der Waals surface area contributed by atoms with E-state index < -0.39 is 142 Å². The Morgan fingerprint density at radius 3 is 0.951 bits per heavy atom. The Morgan fingerprint density at radius 1 is 0.369 bits per heavy atom. The van der Waals surface area contributed by atoms with Crippen LogP contribution in [0.1, 0.15) is 344 Å². The SMILES string of the molecule is CC(C)c1ccn(C(C)C)n1.CC(C)c1ccn(C2CC2)n1.CC(C)n1ccc(C2CC2)n1.CC(C)n1nc(C(F)(F)F)c2c1C(F)(F)[C@@H]1C[C@H]21.CC(C)n1nc(C(F)(F)F)c2c1C(F)(F)[C@H]1C[C@@H]21.CC(C)n1nc(C(F)F)c2c1C(F)(F)[C@@H]1C[C@H]21.CC(C)n1nc(C(F)F)c2c1C(F)(F)[C@H]1C[C@@H]21. The topological polar surface area (TPSA) is 125 Å². The van der Waals surface area contributed by atoms with Gasteiger partial charge in [0.1, 0.15) is 34.2 Å². The molecule has 0 N–H and O–H groups in total. The van der Waals surface area contributed by atoms with Gasteiger partial charge in [0.15, 0.2) is 11.4 Å². The fourth-order valence-electron chi connectivity index (χ4n) is 14.6. The third-order valence-corrected chi connectivity index (χ3v) is 20.6. The van der Waals surface area contributed by atoms with Gasteiger partial charge in [0, 0.05) is 107 Å². The molecule has 10 aliphatic carbocycles. The van der Waals surface area contributed by atoms with Gasteiger partial charge in [0.25, 0.3) is 36.5 Å². The normalized spacial score (nSPS) is 24.4. The van der Waals surface area contributed by atoms with Gasteiger partial charge in [0.05, 0.1) is 23.1 Å². The summed E-state index contributed by atoms with van der Waals surface area (Å²) in [6.45, 7) is 30.1. The highest BCUT2D eigenvalue weighted by Gasteiger charge is 2.71. The molecule has 8 atom stereocenters. The standard InChI is InChI=1S/2C11H11F5N2.2C11H12F4N2.2C9H14N2.C9H16N2/c2*1-4(2)18-9-7(8(17-18)11(14,15)16)5-3-6(5)10(9,12)13;2*1-4(2)17-9-7(8(16-17)10(12)13)5-3-6(5)11(9,14)15;1-7(2)11-6-5-9(10-11)8-3-4-8;1-7(2)9-5-6-11(10-9)8-3-4-8;1-7(2)9-5-6-11(10-9)8(3)4/h2*4-6H,3H2,1-2H3;2*4-6,10H,3H2,1-2H3;2*5-8H,3-4H2,1-2H3;5-8H,1-4H3/t4*5-,6+;;;/m1010.../s1. The minimum atomic E-state index is -4.67. The molecule has 6 saturated carbocycles. The summed E-state index contributed by atoms with van der Waals surface area (Å²) in [7, 11) is 0. The highest BCUT2D eigenvalue weighted by atomic mass is 19.4. The molecule has 0 bridgehead atoms. The molecule has 0 amide bonds. The second-order valence-electron chi connectivity index (χ2n) is 31.2. The molecule has 7 heterocycles. The minimum absolute atomic E-state index is 0.115. The Kier molecular flexibility index (Phi) is 20.4. The third-order valence-electron chi connectivity index (χ3n) is 20.6. The Balaban J connectivity index is 0.000000122. The molecule has 32 heteroatoms. The van der Waals surface area contributed by atoms with Gasteiger partial charge in [-0.05, 0) is 188 Å². The molecule has 6 fully saturated rings. The summed E-state index contributed by atoms with van der Waals surface area (Å²) < 4.78 is 250. The number of nitrogens with zero attached hydrogens (tertiary/aromatic N) is 14. The first-order valence-electron chi connectivity index (χ1n) is 35.5. The lowest BCUT2D eigenvalue weighted by molar-refractivity contribution is -0.143. The average Bonchev–Trinajstić information content (AvgIpc) is 1.56. The van der Waals surface area contributed by atoms with Crippen LogP contribution in [-0.2, 0) is 36.0 Å². The van der Waals surface area contributed by atoms with Crippen molar-refractivity contribution in [1.82, 2.24) is 68.5 Å². The van der Waals surface area contributed by atoms with Crippen LogP contribution in [0.2, 0.25) is 0 Å². The van der Waals surface area contributed by atoms with Gasteiger partial charge in [0.2, 0.25) is 0 Å². The van der Waals surface area contributed by atoms with Gasteiger partial charge >= 0.3 is 12.4 Å². The largest absolute Gasteiger partial charge is 0.435 e. The molecule has 10 aliphatic rings. The number of alkyl halides is 18.